The van der Waals surface area contributed by atoms with Gasteiger partial charge in [-0.3, -0.25) is 4.79 Å². The maximum absolute atomic E-state index is 12.2. The Bertz CT molecular complexity index is 719. The number of nitrogens with zero attached hydrogens (tertiary/aromatic N) is 1. The van der Waals surface area contributed by atoms with Crippen LogP contribution in [-0.4, -0.2) is 19.1 Å². The van der Waals surface area contributed by atoms with E-state index in [0.717, 1.165) is 17.0 Å². The highest BCUT2D eigenvalue weighted by Crippen LogP contribution is 2.41. The Hall–Kier alpha value is -1.75. The van der Waals surface area contributed by atoms with Crippen LogP contribution in [0, 0.1) is 0 Å². The van der Waals surface area contributed by atoms with Crippen molar-refractivity contribution in [2.45, 2.75) is 12.1 Å². The summed E-state index contributed by atoms with van der Waals surface area (Å²) < 4.78 is 5.13. The molecule has 114 valence electrons. The highest BCUT2D eigenvalue weighted by molar-refractivity contribution is 6.35. The van der Waals surface area contributed by atoms with Crippen molar-refractivity contribution in [1.29, 1.82) is 0 Å². The van der Waals surface area contributed by atoms with Gasteiger partial charge < -0.3 is 15.4 Å². The molecule has 1 heterocycles. The van der Waals surface area contributed by atoms with Gasteiger partial charge in [-0.05, 0) is 42.0 Å². The fraction of sp³-hybridized carbons (Fsp3) is 0.188. The highest BCUT2D eigenvalue weighted by Gasteiger charge is 2.47. The quantitative estimate of drug-likeness (QED) is 0.873. The van der Waals surface area contributed by atoms with Gasteiger partial charge in [-0.25, -0.2) is 0 Å². The zero-order valence-corrected chi connectivity index (χ0v) is 13.3. The molecule has 1 amide bonds. The summed E-state index contributed by atoms with van der Waals surface area (Å²) in [7, 11) is 1.59. The topological polar surface area (TPSA) is 55.6 Å². The van der Waals surface area contributed by atoms with Gasteiger partial charge in [-0.1, -0.05) is 29.3 Å². The lowest BCUT2D eigenvalue weighted by atomic mass is 9.88. The maximum atomic E-state index is 12.2. The Kier molecular flexibility index (Phi) is 4.00. The first-order chi connectivity index (χ1) is 10.5. The minimum Gasteiger partial charge on any atom is -0.497 e. The van der Waals surface area contributed by atoms with Gasteiger partial charge in [0.2, 0.25) is 5.91 Å². The summed E-state index contributed by atoms with van der Waals surface area (Å²) in [4.78, 5) is 13.8. The molecule has 0 aromatic heterocycles. The number of hydrogen-bond donors (Lipinski definition) is 1. The van der Waals surface area contributed by atoms with Gasteiger partial charge in [0.05, 0.1) is 13.2 Å². The minimum atomic E-state index is -0.610. The van der Waals surface area contributed by atoms with E-state index in [4.69, 9.17) is 33.7 Å². The third kappa shape index (κ3) is 2.43. The summed E-state index contributed by atoms with van der Waals surface area (Å²) in [6, 6.07) is 11.5. The molecule has 2 N–H and O–H groups in total. The Labute approximate surface area is 138 Å². The van der Waals surface area contributed by atoms with Crippen LogP contribution in [0.15, 0.2) is 42.5 Å². The fourth-order valence-electron chi connectivity index (χ4n) is 2.62. The van der Waals surface area contributed by atoms with Gasteiger partial charge >= 0.3 is 0 Å². The lowest BCUT2D eigenvalue weighted by Gasteiger charge is -2.46. The summed E-state index contributed by atoms with van der Waals surface area (Å²) in [5, 5.41) is 1.04. The van der Waals surface area contributed by atoms with Crippen molar-refractivity contribution < 1.29 is 9.53 Å². The molecular weight excluding hydrogens is 323 g/mol. The molecule has 1 aliphatic heterocycles. The van der Waals surface area contributed by atoms with Crippen LogP contribution in [0.5, 0.6) is 5.75 Å². The molecule has 22 heavy (non-hydrogen) atoms. The van der Waals surface area contributed by atoms with E-state index in [1.807, 2.05) is 12.1 Å². The number of amides is 1. The van der Waals surface area contributed by atoms with E-state index >= 15 is 0 Å². The second-order valence-corrected chi connectivity index (χ2v) is 5.89. The van der Waals surface area contributed by atoms with Crippen molar-refractivity contribution in [2.75, 3.05) is 12.0 Å². The number of hydrogen-bond acceptors (Lipinski definition) is 3. The van der Waals surface area contributed by atoms with Crippen molar-refractivity contribution in [3.63, 3.8) is 0 Å². The van der Waals surface area contributed by atoms with Gasteiger partial charge in [-0.2, -0.15) is 0 Å². The molecule has 2 atom stereocenters. The van der Waals surface area contributed by atoms with Crippen LogP contribution in [0.1, 0.15) is 11.6 Å². The fourth-order valence-corrected chi connectivity index (χ4v) is 3.14. The van der Waals surface area contributed by atoms with Crippen LogP contribution in [0.3, 0.4) is 0 Å². The first kappa shape index (κ1) is 15.2. The maximum Gasteiger partial charge on any atom is 0.247 e. The first-order valence-corrected chi connectivity index (χ1v) is 7.46. The standard InChI is InChI=1S/C16H14Cl2N2O2/c1-22-11-5-3-10(4-6-11)20-15(14(19)16(20)21)12-7-2-9(17)8-13(12)18/h2-8,14-15H,19H2,1H3/t14-,15-/m0/s1. The molecule has 2 aromatic rings. The smallest absolute Gasteiger partial charge is 0.247 e. The number of anilines is 1. The lowest BCUT2D eigenvalue weighted by molar-refractivity contribution is -0.126. The van der Waals surface area contributed by atoms with Gasteiger partial charge in [0.15, 0.2) is 0 Å². The lowest BCUT2D eigenvalue weighted by Crippen LogP contribution is -2.63. The van der Waals surface area contributed by atoms with Crippen molar-refractivity contribution in [3.8, 4) is 5.75 Å². The molecule has 6 heteroatoms. The van der Waals surface area contributed by atoms with Gasteiger partial charge in [-0.15, -0.1) is 0 Å². The second kappa shape index (κ2) is 5.80. The van der Waals surface area contributed by atoms with Crippen LogP contribution in [-0.2, 0) is 4.79 Å². The number of nitrogens with two attached hydrogens (primary N) is 1. The van der Waals surface area contributed by atoms with Crippen LogP contribution in [0.25, 0.3) is 0 Å². The van der Waals surface area contributed by atoms with Crippen molar-refractivity contribution in [1.82, 2.24) is 0 Å². The van der Waals surface area contributed by atoms with Crippen molar-refractivity contribution in [3.05, 3.63) is 58.1 Å². The number of benzene rings is 2. The van der Waals surface area contributed by atoms with E-state index < -0.39 is 6.04 Å². The molecule has 1 fully saturated rings. The van der Waals surface area contributed by atoms with Crippen LogP contribution >= 0.6 is 23.2 Å². The molecule has 1 aliphatic rings. The molecule has 0 saturated carbocycles. The van der Waals surface area contributed by atoms with E-state index in [2.05, 4.69) is 0 Å². The Morgan fingerprint density at radius 3 is 2.41 bits per heavy atom. The summed E-state index contributed by atoms with van der Waals surface area (Å²) in [5.41, 5.74) is 7.52. The molecule has 0 aliphatic carbocycles. The largest absolute Gasteiger partial charge is 0.497 e. The van der Waals surface area contributed by atoms with E-state index in [9.17, 15) is 4.79 Å². The number of rotatable bonds is 3. The average Bonchev–Trinajstić information content (AvgIpc) is 2.53. The number of ether oxygens (including phenoxy) is 1. The third-order valence-electron chi connectivity index (χ3n) is 3.77. The molecule has 1 saturated heterocycles. The predicted molar refractivity (Wildman–Crippen MR) is 87.7 cm³/mol. The van der Waals surface area contributed by atoms with E-state index in [-0.39, 0.29) is 11.9 Å². The van der Waals surface area contributed by atoms with E-state index in [1.165, 1.54) is 0 Å². The Balaban J connectivity index is 1.97. The molecule has 0 radical (unpaired) electrons. The molecule has 0 unspecified atom stereocenters. The van der Waals surface area contributed by atoms with Crippen LogP contribution in [0.4, 0.5) is 5.69 Å². The number of methoxy groups -OCH3 is 1. The number of carbonyl (C=O) groups is 1. The van der Waals surface area contributed by atoms with Crippen LogP contribution < -0.4 is 15.4 Å². The summed E-state index contributed by atoms with van der Waals surface area (Å²) in [6.45, 7) is 0. The zero-order valence-electron chi connectivity index (χ0n) is 11.8. The minimum absolute atomic E-state index is 0.138. The molecular formula is C16H14Cl2N2O2. The highest BCUT2D eigenvalue weighted by atomic mass is 35.5. The Morgan fingerprint density at radius 2 is 1.82 bits per heavy atom. The molecule has 2 aromatic carbocycles. The van der Waals surface area contributed by atoms with Crippen LogP contribution in [0.2, 0.25) is 10.0 Å². The van der Waals surface area contributed by atoms with Gasteiger partial charge in [0.25, 0.3) is 0 Å². The predicted octanol–water partition coefficient (Wildman–Crippen LogP) is 3.42. The second-order valence-electron chi connectivity index (χ2n) is 5.04. The number of β-lactam (4-membered cyclic amide) rings is 1. The third-order valence-corrected chi connectivity index (χ3v) is 4.34. The average molecular weight is 337 g/mol. The first-order valence-electron chi connectivity index (χ1n) is 6.70. The van der Waals surface area contributed by atoms with Gasteiger partial charge in [0, 0.05) is 15.7 Å². The molecule has 0 bridgehead atoms. The number of halogens is 2. The molecule has 4 nitrogen and oxygen atoms in total. The Morgan fingerprint density at radius 1 is 1.14 bits per heavy atom. The van der Waals surface area contributed by atoms with Gasteiger partial charge in [0.1, 0.15) is 11.8 Å². The molecule has 0 spiro atoms. The van der Waals surface area contributed by atoms with E-state index in [0.29, 0.717) is 10.0 Å². The summed E-state index contributed by atoms with van der Waals surface area (Å²) in [5.74, 6) is 0.586. The summed E-state index contributed by atoms with van der Waals surface area (Å²) >= 11 is 12.2. The number of carbonyl (C=O) groups excluding carboxylic acids is 1. The monoisotopic (exact) mass is 336 g/mol. The molecule has 3 rings (SSSR count). The van der Waals surface area contributed by atoms with E-state index in [1.54, 1.807) is 42.3 Å². The van der Waals surface area contributed by atoms with Crippen molar-refractivity contribution in [2.24, 2.45) is 5.73 Å². The zero-order chi connectivity index (χ0) is 15.9. The van der Waals surface area contributed by atoms with Crippen molar-refractivity contribution >= 4 is 34.8 Å². The normalized spacial score (nSPS) is 20.7. The SMILES string of the molecule is COc1ccc(N2C(=O)[C@@H](N)[C@@H]2c2ccc(Cl)cc2Cl)cc1. The summed E-state index contributed by atoms with van der Waals surface area (Å²) in [6.07, 6.45) is 0.